The molecular weight excluding hydrogens is 274 g/mol. The molecule has 0 fully saturated rings. The van der Waals surface area contributed by atoms with Gasteiger partial charge in [-0.1, -0.05) is 58.3 Å². The van der Waals surface area contributed by atoms with Crippen LogP contribution in [-0.2, 0) is 4.74 Å². The van der Waals surface area contributed by atoms with Crippen molar-refractivity contribution in [3.05, 3.63) is 35.4 Å². The summed E-state index contributed by atoms with van der Waals surface area (Å²) >= 11 is 0. The second-order valence-electron chi connectivity index (χ2n) is 5.65. The topological polar surface area (TPSA) is 50.1 Å². The molecule has 120 valence electrons. The van der Waals surface area contributed by atoms with Gasteiger partial charge in [0.2, 0.25) is 0 Å². The quantitative estimate of drug-likeness (QED) is 0.414. The van der Waals surface area contributed by atoms with Gasteiger partial charge >= 0.3 is 5.97 Å². The van der Waals surface area contributed by atoms with Gasteiger partial charge in [-0.25, -0.2) is 4.79 Å². The summed E-state index contributed by atoms with van der Waals surface area (Å²) in [5.74, 6) is -0.302. The number of hydrogen-bond donors (Lipinski definition) is 0. The van der Waals surface area contributed by atoms with Gasteiger partial charge in [0.25, 0.3) is 0 Å². The molecule has 0 saturated carbocycles. The van der Waals surface area contributed by atoms with E-state index >= 15 is 0 Å². The standard InChI is InChI=1S/C19H27NO2/c1-2-3-4-5-6-7-8-9-10-15-22-19(21)18-13-11-17(16-20)12-14-18/h11-14H,2-10,15H2,1H3. The molecule has 0 bridgehead atoms. The normalized spacial score (nSPS) is 10.2. The molecule has 0 aromatic heterocycles. The van der Waals surface area contributed by atoms with Gasteiger partial charge in [-0.15, -0.1) is 0 Å². The molecule has 0 atom stereocenters. The van der Waals surface area contributed by atoms with Crippen molar-refractivity contribution >= 4 is 5.97 Å². The fourth-order valence-corrected chi connectivity index (χ4v) is 2.34. The lowest BCUT2D eigenvalue weighted by molar-refractivity contribution is 0.0497. The highest BCUT2D eigenvalue weighted by molar-refractivity contribution is 5.89. The van der Waals surface area contributed by atoms with Crippen LogP contribution in [0.2, 0.25) is 0 Å². The van der Waals surface area contributed by atoms with Crippen molar-refractivity contribution in [3.8, 4) is 6.07 Å². The zero-order valence-electron chi connectivity index (χ0n) is 13.6. The highest BCUT2D eigenvalue weighted by Crippen LogP contribution is 2.10. The van der Waals surface area contributed by atoms with Crippen LogP contribution in [0.1, 0.15) is 80.6 Å². The summed E-state index contributed by atoms with van der Waals surface area (Å²) < 4.78 is 5.24. The minimum Gasteiger partial charge on any atom is -0.462 e. The highest BCUT2D eigenvalue weighted by Gasteiger charge is 2.06. The van der Waals surface area contributed by atoms with Crippen LogP contribution in [0, 0.1) is 11.3 Å². The first-order valence-electron chi connectivity index (χ1n) is 8.45. The number of nitriles is 1. The summed E-state index contributed by atoms with van der Waals surface area (Å²) in [5, 5.41) is 8.71. The van der Waals surface area contributed by atoms with Crippen molar-refractivity contribution in [1.82, 2.24) is 0 Å². The van der Waals surface area contributed by atoms with Gasteiger partial charge < -0.3 is 4.74 Å². The number of ether oxygens (including phenoxy) is 1. The van der Waals surface area contributed by atoms with Crippen LogP contribution >= 0.6 is 0 Å². The van der Waals surface area contributed by atoms with E-state index in [1.807, 2.05) is 6.07 Å². The Labute approximate surface area is 134 Å². The molecule has 0 amide bonds. The van der Waals surface area contributed by atoms with Crippen molar-refractivity contribution in [1.29, 1.82) is 5.26 Å². The van der Waals surface area contributed by atoms with E-state index in [-0.39, 0.29) is 5.97 Å². The molecular formula is C19H27NO2. The third-order valence-corrected chi connectivity index (χ3v) is 3.73. The van der Waals surface area contributed by atoms with Gasteiger partial charge in [-0.05, 0) is 30.7 Å². The molecule has 0 aliphatic heterocycles. The Morgan fingerprint density at radius 3 is 2.05 bits per heavy atom. The average molecular weight is 301 g/mol. The Hall–Kier alpha value is -1.82. The van der Waals surface area contributed by atoms with E-state index in [2.05, 4.69) is 6.92 Å². The van der Waals surface area contributed by atoms with Crippen LogP contribution < -0.4 is 0 Å². The molecule has 0 saturated heterocycles. The number of benzene rings is 1. The van der Waals surface area contributed by atoms with Gasteiger partial charge in [0.1, 0.15) is 0 Å². The molecule has 0 radical (unpaired) electrons. The van der Waals surface area contributed by atoms with E-state index in [4.69, 9.17) is 10.00 Å². The predicted octanol–water partition coefficient (Wildman–Crippen LogP) is 5.25. The lowest BCUT2D eigenvalue weighted by atomic mass is 10.1. The maximum absolute atomic E-state index is 11.8. The molecule has 1 aromatic rings. The second kappa shape index (κ2) is 11.8. The van der Waals surface area contributed by atoms with Crippen molar-refractivity contribution in [2.45, 2.75) is 64.7 Å². The minimum absolute atomic E-state index is 0.302. The predicted molar refractivity (Wildman–Crippen MR) is 88.7 cm³/mol. The molecule has 1 rings (SSSR count). The first-order chi connectivity index (χ1) is 10.8. The molecule has 0 spiro atoms. The smallest absolute Gasteiger partial charge is 0.338 e. The molecule has 0 aliphatic rings. The van der Waals surface area contributed by atoms with E-state index in [0.29, 0.717) is 17.7 Å². The maximum atomic E-state index is 11.8. The van der Waals surface area contributed by atoms with Crippen LogP contribution in [0.3, 0.4) is 0 Å². The Balaban J connectivity index is 2.02. The van der Waals surface area contributed by atoms with E-state index < -0.39 is 0 Å². The van der Waals surface area contributed by atoms with E-state index in [9.17, 15) is 4.79 Å². The molecule has 0 unspecified atom stereocenters. The number of hydrogen-bond acceptors (Lipinski definition) is 3. The monoisotopic (exact) mass is 301 g/mol. The number of rotatable bonds is 11. The number of nitrogens with zero attached hydrogens (tertiary/aromatic N) is 1. The summed E-state index contributed by atoms with van der Waals surface area (Å²) in [6.45, 7) is 2.72. The second-order valence-corrected chi connectivity index (χ2v) is 5.65. The molecule has 3 heteroatoms. The van der Waals surface area contributed by atoms with Gasteiger partial charge in [-0.2, -0.15) is 5.26 Å². The lowest BCUT2D eigenvalue weighted by Gasteiger charge is -2.05. The van der Waals surface area contributed by atoms with Gasteiger partial charge in [-0.3, -0.25) is 0 Å². The zero-order chi connectivity index (χ0) is 16.0. The van der Waals surface area contributed by atoms with Crippen LogP contribution in [0.5, 0.6) is 0 Å². The van der Waals surface area contributed by atoms with Crippen molar-refractivity contribution in [3.63, 3.8) is 0 Å². The van der Waals surface area contributed by atoms with Gasteiger partial charge in [0, 0.05) is 0 Å². The van der Waals surface area contributed by atoms with Gasteiger partial charge in [0.15, 0.2) is 0 Å². The number of carbonyl (C=O) groups is 1. The average Bonchev–Trinajstić information content (AvgIpc) is 2.56. The molecule has 1 aromatic carbocycles. The summed E-state index contributed by atoms with van der Waals surface area (Å²) in [5.41, 5.74) is 1.06. The SMILES string of the molecule is CCCCCCCCCCCOC(=O)c1ccc(C#N)cc1. The third-order valence-electron chi connectivity index (χ3n) is 3.73. The Bertz CT molecular complexity index is 459. The van der Waals surface area contributed by atoms with E-state index in [1.165, 1.54) is 44.9 Å². The molecule has 0 N–H and O–H groups in total. The number of carbonyl (C=O) groups excluding carboxylic acids is 1. The highest BCUT2D eigenvalue weighted by atomic mass is 16.5. The third kappa shape index (κ3) is 7.83. The maximum Gasteiger partial charge on any atom is 0.338 e. The Morgan fingerprint density at radius 1 is 0.955 bits per heavy atom. The molecule has 0 aliphatic carbocycles. The first-order valence-corrected chi connectivity index (χ1v) is 8.45. The summed E-state index contributed by atoms with van der Waals surface area (Å²) in [7, 11) is 0. The molecule has 22 heavy (non-hydrogen) atoms. The van der Waals surface area contributed by atoms with Gasteiger partial charge in [0.05, 0.1) is 23.8 Å². The van der Waals surface area contributed by atoms with E-state index in [1.54, 1.807) is 24.3 Å². The Morgan fingerprint density at radius 2 is 1.50 bits per heavy atom. The fraction of sp³-hybridized carbons (Fsp3) is 0.579. The Kier molecular flexibility index (Phi) is 9.78. The number of esters is 1. The summed E-state index contributed by atoms with van der Waals surface area (Å²) in [6.07, 6.45) is 11.2. The first kappa shape index (κ1) is 18.2. The summed E-state index contributed by atoms with van der Waals surface area (Å²) in [6, 6.07) is 8.57. The van der Waals surface area contributed by atoms with Crippen LogP contribution in [0.25, 0.3) is 0 Å². The molecule has 0 heterocycles. The molecule has 3 nitrogen and oxygen atoms in total. The number of unbranched alkanes of at least 4 members (excludes halogenated alkanes) is 8. The van der Waals surface area contributed by atoms with Crippen LogP contribution in [0.4, 0.5) is 0 Å². The summed E-state index contributed by atoms with van der Waals surface area (Å²) in [4.78, 5) is 11.8. The van der Waals surface area contributed by atoms with Crippen molar-refractivity contribution < 1.29 is 9.53 Å². The van der Waals surface area contributed by atoms with Crippen molar-refractivity contribution in [2.75, 3.05) is 6.61 Å². The zero-order valence-corrected chi connectivity index (χ0v) is 13.6. The largest absolute Gasteiger partial charge is 0.462 e. The van der Waals surface area contributed by atoms with Crippen LogP contribution in [-0.4, -0.2) is 12.6 Å². The fourth-order valence-electron chi connectivity index (χ4n) is 2.34. The van der Waals surface area contributed by atoms with Crippen molar-refractivity contribution in [2.24, 2.45) is 0 Å². The minimum atomic E-state index is -0.302. The lowest BCUT2D eigenvalue weighted by Crippen LogP contribution is -2.06. The van der Waals surface area contributed by atoms with E-state index in [0.717, 1.165) is 12.8 Å². The van der Waals surface area contributed by atoms with Crippen LogP contribution in [0.15, 0.2) is 24.3 Å².